The number of carbonyl (C=O) groups excluding carboxylic acids is 1. The van der Waals surface area contributed by atoms with Gasteiger partial charge in [0.05, 0.1) is 27.9 Å². The van der Waals surface area contributed by atoms with Gasteiger partial charge in [0.25, 0.3) is 0 Å². The summed E-state index contributed by atoms with van der Waals surface area (Å²) in [5.41, 5.74) is 4.64. The lowest BCUT2D eigenvalue weighted by molar-refractivity contribution is -0.179. The van der Waals surface area contributed by atoms with Gasteiger partial charge in [-0.3, -0.25) is 9.63 Å². The highest BCUT2D eigenvalue weighted by atomic mass is 28.3. The van der Waals surface area contributed by atoms with E-state index in [0.717, 1.165) is 23.7 Å². The Morgan fingerprint density at radius 2 is 1.90 bits per heavy atom. The molecule has 0 saturated heterocycles. The van der Waals surface area contributed by atoms with Crippen LogP contribution < -0.4 is 4.90 Å². The molecule has 1 heterocycles. The summed E-state index contributed by atoms with van der Waals surface area (Å²) in [6.07, 6.45) is 2.43. The van der Waals surface area contributed by atoms with E-state index < -0.39 is 8.07 Å². The number of hydroxylamine groups is 2. The van der Waals surface area contributed by atoms with Gasteiger partial charge >= 0.3 is 0 Å². The molecule has 0 aliphatic carbocycles. The first-order chi connectivity index (χ1) is 13.8. The van der Waals surface area contributed by atoms with E-state index >= 15 is 0 Å². The molecule has 3 rings (SSSR count). The average Bonchev–Trinajstić information content (AvgIpc) is 2.65. The molecule has 0 unspecified atom stereocenters. The molecular weight excluding hydrogens is 376 g/mol. The Bertz CT molecular complexity index is 846. The van der Waals surface area contributed by atoms with Crippen LogP contribution in [-0.2, 0) is 29.2 Å². The van der Waals surface area contributed by atoms with E-state index in [9.17, 15) is 4.79 Å². The number of rotatable bonds is 9. The Hall–Kier alpha value is -2.21. The maximum absolute atomic E-state index is 12.5. The number of hydrogen-bond donors (Lipinski definition) is 0. The first-order valence-corrected chi connectivity index (χ1v) is 14.0. The molecule has 2 aromatic rings. The van der Waals surface area contributed by atoms with Gasteiger partial charge in [-0.25, -0.2) is 0 Å². The van der Waals surface area contributed by atoms with Gasteiger partial charge in [0.1, 0.15) is 5.78 Å². The molecule has 0 spiro atoms. The number of Topliss-reactive ketones (excluding diaryl/α,β-unsaturated/α-hetero) is 1. The zero-order chi connectivity index (χ0) is 20.9. The number of ketones is 1. The first kappa shape index (κ1) is 21.5. The van der Waals surface area contributed by atoms with E-state index in [1.54, 1.807) is 0 Å². The summed E-state index contributed by atoms with van der Waals surface area (Å²) in [7, 11) is -1.38. The van der Waals surface area contributed by atoms with Gasteiger partial charge in [0.15, 0.2) is 0 Å². The van der Waals surface area contributed by atoms with Crippen LogP contribution in [0.15, 0.2) is 61.2 Å². The molecule has 0 radical (unpaired) electrons. The van der Waals surface area contributed by atoms with Crippen LogP contribution in [0.5, 0.6) is 0 Å². The maximum atomic E-state index is 12.5. The van der Waals surface area contributed by atoms with Crippen LogP contribution in [0.2, 0.25) is 25.7 Å². The Labute approximate surface area is 175 Å². The summed E-state index contributed by atoms with van der Waals surface area (Å²) in [6, 6.07) is 17.4. The van der Waals surface area contributed by atoms with Gasteiger partial charge < -0.3 is 4.90 Å². The normalized spacial score (nSPS) is 14.5. The molecule has 29 heavy (non-hydrogen) atoms. The van der Waals surface area contributed by atoms with Crippen LogP contribution in [0.4, 0.5) is 5.69 Å². The second-order valence-electron chi connectivity index (χ2n) is 8.97. The topological polar surface area (TPSA) is 32.8 Å². The standard InChI is InChI=1S/C24H32N2O2Si/c1-5-13-25-19-26(28-17-20-9-7-6-8-10-20)16-22-14-21(11-12-24(22)25)15-23(27)18-29(2,3)4/h5-12,14H,1,13,15-19H2,2-4H3. The number of nitrogens with zero attached hydrogens (tertiary/aromatic N) is 2. The lowest BCUT2D eigenvalue weighted by atomic mass is 10.0. The van der Waals surface area contributed by atoms with Crippen molar-refractivity contribution in [3.63, 3.8) is 0 Å². The zero-order valence-corrected chi connectivity index (χ0v) is 18.9. The minimum atomic E-state index is -1.38. The van der Waals surface area contributed by atoms with Crippen molar-refractivity contribution in [2.75, 3.05) is 18.1 Å². The number of hydrogen-bond acceptors (Lipinski definition) is 4. The van der Waals surface area contributed by atoms with Gasteiger partial charge in [-0.15, -0.1) is 6.58 Å². The van der Waals surface area contributed by atoms with E-state index in [4.69, 9.17) is 4.84 Å². The molecule has 154 valence electrons. The molecule has 0 bridgehead atoms. The minimum Gasteiger partial charge on any atom is -0.352 e. The van der Waals surface area contributed by atoms with Crippen molar-refractivity contribution in [1.82, 2.24) is 5.06 Å². The Kier molecular flexibility index (Phi) is 7.06. The summed E-state index contributed by atoms with van der Waals surface area (Å²) < 4.78 is 0. The molecule has 2 aromatic carbocycles. The number of anilines is 1. The van der Waals surface area contributed by atoms with Gasteiger partial charge in [-0.05, 0) is 22.8 Å². The molecule has 0 amide bonds. The summed E-state index contributed by atoms with van der Waals surface area (Å²) in [6.45, 7) is 13.3. The second-order valence-corrected chi connectivity index (χ2v) is 14.4. The van der Waals surface area contributed by atoms with E-state index in [-0.39, 0.29) is 0 Å². The van der Waals surface area contributed by atoms with E-state index in [0.29, 0.717) is 32.0 Å². The van der Waals surface area contributed by atoms with Crippen molar-refractivity contribution in [3.05, 3.63) is 77.9 Å². The lowest BCUT2D eigenvalue weighted by Gasteiger charge is -2.37. The van der Waals surface area contributed by atoms with Crippen molar-refractivity contribution in [2.45, 2.75) is 45.3 Å². The number of carbonyl (C=O) groups is 1. The van der Waals surface area contributed by atoms with Gasteiger partial charge in [0.2, 0.25) is 0 Å². The fourth-order valence-corrected chi connectivity index (χ4v) is 5.02. The fraction of sp³-hybridized carbons (Fsp3) is 0.375. The van der Waals surface area contributed by atoms with Crippen LogP contribution in [0.1, 0.15) is 16.7 Å². The highest BCUT2D eigenvalue weighted by molar-refractivity contribution is 6.78. The van der Waals surface area contributed by atoms with Crippen molar-refractivity contribution < 1.29 is 9.63 Å². The van der Waals surface area contributed by atoms with Crippen molar-refractivity contribution in [1.29, 1.82) is 0 Å². The first-order valence-electron chi connectivity index (χ1n) is 10.3. The minimum absolute atomic E-state index is 0.347. The third-order valence-electron chi connectivity index (χ3n) is 4.89. The monoisotopic (exact) mass is 408 g/mol. The van der Waals surface area contributed by atoms with E-state index in [1.165, 1.54) is 11.3 Å². The summed E-state index contributed by atoms with van der Waals surface area (Å²) >= 11 is 0. The molecular formula is C24H32N2O2Si. The number of benzene rings is 2. The lowest BCUT2D eigenvalue weighted by Crippen LogP contribution is -2.42. The SMILES string of the molecule is C=CCN1CN(OCc2ccccc2)Cc2cc(CC(=O)C[Si](C)(C)C)ccc21. The summed E-state index contributed by atoms with van der Waals surface area (Å²) in [5.74, 6) is 0.347. The molecule has 0 saturated carbocycles. The van der Waals surface area contributed by atoms with Crippen molar-refractivity contribution >= 4 is 19.5 Å². The molecule has 0 fully saturated rings. The van der Waals surface area contributed by atoms with Gasteiger partial charge in [-0.2, -0.15) is 5.06 Å². The van der Waals surface area contributed by atoms with Crippen molar-refractivity contribution in [2.24, 2.45) is 0 Å². The van der Waals surface area contributed by atoms with Crippen molar-refractivity contribution in [3.8, 4) is 0 Å². The predicted molar refractivity (Wildman–Crippen MR) is 122 cm³/mol. The van der Waals surface area contributed by atoms with Crippen LogP contribution in [0.25, 0.3) is 0 Å². The van der Waals surface area contributed by atoms with Crippen LogP contribution in [-0.4, -0.2) is 32.1 Å². The van der Waals surface area contributed by atoms with Gasteiger partial charge in [0, 0.05) is 24.7 Å². The smallest absolute Gasteiger partial charge is 0.134 e. The molecule has 5 heteroatoms. The molecule has 0 atom stereocenters. The summed E-state index contributed by atoms with van der Waals surface area (Å²) in [5, 5.41) is 1.99. The third-order valence-corrected chi connectivity index (χ3v) is 6.35. The summed E-state index contributed by atoms with van der Waals surface area (Å²) in [4.78, 5) is 20.8. The Morgan fingerprint density at radius 1 is 1.14 bits per heavy atom. The van der Waals surface area contributed by atoms with Crippen LogP contribution >= 0.6 is 0 Å². The maximum Gasteiger partial charge on any atom is 0.134 e. The average molecular weight is 409 g/mol. The second kappa shape index (κ2) is 9.52. The number of fused-ring (bicyclic) bond motifs is 1. The van der Waals surface area contributed by atoms with E-state index in [2.05, 4.69) is 61.5 Å². The molecule has 0 N–H and O–H groups in total. The van der Waals surface area contributed by atoms with Crippen LogP contribution in [0.3, 0.4) is 0 Å². The van der Waals surface area contributed by atoms with Gasteiger partial charge in [-0.1, -0.05) is 68.2 Å². The highest BCUT2D eigenvalue weighted by Crippen LogP contribution is 2.29. The quantitative estimate of drug-likeness (QED) is 0.430. The molecule has 0 aromatic heterocycles. The van der Waals surface area contributed by atoms with Crippen LogP contribution in [0, 0.1) is 0 Å². The molecule has 1 aliphatic rings. The zero-order valence-electron chi connectivity index (χ0n) is 17.9. The molecule has 4 nitrogen and oxygen atoms in total. The Balaban J connectivity index is 1.72. The highest BCUT2D eigenvalue weighted by Gasteiger charge is 2.24. The predicted octanol–water partition coefficient (Wildman–Crippen LogP) is 5.03. The fourth-order valence-electron chi connectivity index (χ4n) is 3.71. The van der Waals surface area contributed by atoms with E-state index in [1.807, 2.05) is 29.3 Å². The Morgan fingerprint density at radius 3 is 2.59 bits per heavy atom. The third kappa shape index (κ3) is 6.39. The largest absolute Gasteiger partial charge is 0.352 e. The molecule has 1 aliphatic heterocycles.